The third-order valence-corrected chi connectivity index (χ3v) is 8.51. The van der Waals surface area contributed by atoms with Gasteiger partial charge in [-0.15, -0.1) is 15.0 Å². The number of hydrogen-bond acceptors (Lipinski definition) is 18. The zero-order valence-corrected chi connectivity index (χ0v) is 32.3. The number of aromatic nitrogens is 6. The Hall–Kier alpha value is -5.68. The number of hydrogen-bond donors (Lipinski definition) is 5. The van der Waals surface area contributed by atoms with Gasteiger partial charge in [0.2, 0.25) is 12.1 Å². The van der Waals surface area contributed by atoms with Crippen LogP contribution in [0.1, 0.15) is 85.5 Å². The van der Waals surface area contributed by atoms with E-state index < -0.39 is 29.3 Å². The van der Waals surface area contributed by atoms with Gasteiger partial charge in [0.25, 0.3) is 0 Å². The van der Waals surface area contributed by atoms with Crippen LogP contribution in [0, 0.1) is 0 Å². The van der Waals surface area contributed by atoms with E-state index >= 15 is 0 Å². The van der Waals surface area contributed by atoms with Gasteiger partial charge >= 0.3 is 12.1 Å². The predicted octanol–water partition coefficient (Wildman–Crippen LogP) is 5.37. The Labute approximate surface area is 332 Å². The van der Waals surface area contributed by atoms with Crippen molar-refractivity contribution in [2.24, 2.45) is 0 Å². The van der Waals surface area contributed by atoms with E-state index in [1.165, 1.54) is 0 Å². The van der Waals surface area contributed by atoms with E-state index in [1.54, 1.807) is 49.6 Å². The maximum absolute atomic E-state index is 13.5. The van der Waals surface area contributed by atoms with Crippen LogP contribution in [0.5, 0.6) is 0 Å². The molecular weight excluding hydrogens is 760 g/mol. The Kier molecular flexibility index (Phi) is 15.1. The highest BCUT2D eigenvalue weighted by Crippen LogP contribution is 2.31. The summed E-state index contributed by atoms with van der Waals surface area (Å²) in [6, 6.07) is 21.9. The van der Waals surface area contributed by atoms with E-state index in [0.717, 1.165) is 27.9 Å². The second-order valence-corrected chi connectivity index (χ2v) is 13.5. The van der Waals surface area contributed by atoms with Crippen LogP contribution in [0.3, 0.4) is 0 Å². The topological polar surface area (TPSA) is 249 Å². The molecule has 5 aromatic rings. The third kappa shape index (κ3) is 11.9. The van der Waals surface area contributed by atoms with Crippen LogP contribution in [-0.2, 0) is 55.7 Å². The number of benzene rings is 3. The smallest absolute Gasteiger partial charge is 0.461 e. The van der Waals surface area contributed by atoms with E-state index in [2.05, 4.69) is 30.1 Å². The average molecular weight is 807 g/mol. The molecule has 0 saturated heterocycles. The second-order valence-electron chi connectivity index (χ2n) is 13.5. The number of carbonyl (C=O) groups excluding carboxylic acids is 2. The van der Waals surface area contributed by atoms with Gasteiger partial charge in [0.05, 0.1) is 30.6 Å². The first-order valence-corrected chi connectivity index (χ1v) is 18.2. The van der Waals surface area contributed by atoms with Crippen molar-refractivity contribution >= 4 is 12.1 Å². The first-order valence-electron chi connectivity index (χ1n) is 18.2. The molecule has 0 radical (unpaired) electrons. The lowest BCUT2D eigenvalue weighted by atomic mass is 9.98. The second kappa shape index (κ2) is 20.1. The van der Waals surface area contributed by atoms with Gasteiger partial charge in [-0.3, -0.25) is 25.7 Å². The van der Waals surface area contributed by atoms with Gasteiger partial charge < -0.3 is 23.9 Å². The molecule has 310 valence electrons. The Morgan fingerprint density at radius 3 is 2.21 bits per heavy atom. The summed E-state index contributed by atoms with van der Waals surface area (Å²) in [5, 5.41) is 57.9. The highest BCUT2D eigenvalue weighted by molar-refractivity contribution is 5.89. The third-order valence-electron chi connectivity index (χ3n) is 8.51. The van der Waals surface area contributed by atoms with Crippen LogP contribution in [-0.4, -0.2) is 91.8 Å². The molecule has 0 amide bonds. The summed E-state index contributed by atoms with van der Waals surface area (Å²) in [5.74, 6) is 0.208. The number of aliphatic hydroxyl groups is 1. The molecule has 0 aliphatic carbocycles. The number of nitrogens with zero attached hydrogens (tertiary/aromatic N) is 8. The van der Waals surface area contributed by atoms with Crippen molar-refractivity contribution in [2.75, 3.05) is 13.2 Å². The van der Waals surface area contributed by atoms with Crippen LogP contribution >= 0.6 is 0 Å². The Morgan fingerprint density at radius 1 is 0.845 bits per heavy atom. The molecule has 0 bridgehead atoms. The highest BCUT2D eigenvalue weighted by atomic mass is 17.1. The lowest BCUT2D eigenvalue weighted by molar-refractivity contribution is -0.497. The van der Waals surface area contributed by atoms with E-state index in [9.17, 15) is 14.7 Å². The molecule has 5 rings (SSSR count). The molecule has 20 nitrogen and oxygen atoms in total. The van der Waals surface area contributed by atoms with Gasteiger partial charge in [-0.2, -0.15) is 0 Å². The van der Waals surface area contributed by atoms with Crippen LogP contribution in [0.15, 0.2) is 72.8 Å². The minimum Gasteiger partial charge on any atom is -0.461 e. The zero-order valence-electron chi connectivity index (χ0n) is 32.3. The lowest BCUT2D eigenvalue weighted by Crippen LogP contribution is -2.24. The number of imidazole rings is 1. The lowest BCUT2D eigenvalue weighted by Gasteiger charge is -2.18. The summed E-state index contributed by atoms with van der Waals surface area (Å²) >= 11 is 0. The summed E-state index contributed by atoms with van der Waals surface area (Å²) in [6.07, 6.45) is -0.469. The summed E-state index contributed by atoms with van der Waals surface area (Å²) in [4.78, 5) is 40.9. The molecule has 58 heavy (non-hydrogen) atoms. The summed E-state index contributed by atoms with van der Waals surface area (Å²) in [6.45, 7) is 6.49. The monoisotopic (exact) mass is 806 g/mol. The number of ether oxygens (including phenoxy) is 3. The number of aryl methyl sites for hydroxylation is 1. The summed E-state index contributed by atoms with van der Waals surface area (Å²) in [7, 11) is 0. The maximum Gasteiger partial charge on any atom is 0.510 e. The minimum atomic E-state index is -1.45. The fraction of sp³-hybridized carbons (Fsp3) is 0.368. The SMILES string of the molecule is CCCc1nc(C(C)(C)O)c(C(=O)OCCCON(O)O)n1Cc1ccc(-c2ccccc2-c2nnn(C(C)OC(=O)OCc3cccc(CON(O)O)c3)n2)cc1. The molecule has 3 aromatic carbocycles. The number of carbonyl (C=O) groups is 2. The van der Waals surface area contributed by atoms with Crippen LogP contribution in [0.2, 0.25) is 0 Å². The molecule has 1 unspecified atom stereocenters. The molecular formula is C38H46N8O12. The van der Waals surface area contributed by atoms with E-state index in [4.69, 9.17) is 35.0 Å². The summed E-state index contributed by atoms with van der Waals surface area (Å²) < 4.78 is 17.8. The zero-order chi connectivity index (χ0) is 41.8. The predicted molar refractivity (Wildman–Crippen MR) is 198 cm³/mol. The Morgan fingerprint density at radius 2 is 1.53 bits per heavy atom. The molecule has 0 spiro atoms. The molecule has 0 aliphatic rings. The molecule has 2 heterocycles. The van der Waals surface area contributed by atoms with Crippen LogP contribution in [0.4, 0.5) is 4.79 Å². The van der Waals surface area contributed by atoms with Gasteiger partial charge in [-0.25, -0.2) is 19.4 Å². The quantitative estimate of drug-likeness (QED) is 0.0376. The van der Waals surface area contributed by atoms with Gasteiger partial charge in [0.15, 0.2) is 5.69 Å². The Bertz CT molecular complexity index is 2110. The molecule has 5 N–H and O–H groups in total. The number of rotatable bonds is 20. The minimum absolute atomic E-state index is 0.0750. The van der Waals surface area contributed by atoms with Crippen molar-refractivity contribution in [1.29, 1.82) is 0 Å². The van der Waals surface area contributed by atoms with Crippen molar-refractivity contribution in [3.05, 3.63) is 107 Å². The van der Waals surface area contributed by atoms with E-state index in [1.807, 2.05) is 55.5 Å². The number of esters is 1. The Balaban J connectivity index is 1.28. The molecule has 20 heteroatoms. The molecule has 0 saturated carbocycles. The van der Waals surface area contributed by atoms with Crippen molar-refractivity contribution in [3.8, 4) is 22.5 Å². The number of tetrazole rings is 1. The first kappa shape index (κ1) is 43.4. The van der Waals surface area contributed by atoms with Gasteiger partial charge in [0.1, 0.15) is 23.7 Å². The molecule has 1 atom stereocenters. The fourth-order valence-corrected chi connectivity index (χ4v) is 5.85. The van der Waals surface area contributed by atoms with Crippen molar-refractivity contribution in [3.63, 3.8) is 0 Å². The van der Waals surface area contributed by atoms with Crippen molar-refractivity contribution < 1.29 is 59.4 Å². The van der Waals surface area contributed by atoms with Gasteiger partial charge in [0, 0.05) is 24.9 Å². The summed E-state index contributed by atoms with van der Waals surface area (Å²) in [5.41, 5.74) is 3.24. The molecule has 0 aliphatic heterocycles. The average Bonchev–Trinajstić information content (AvgIpc) is 3.83. The molecule has 0 fully saturated rings. The van der Waals surface area contributed by atoms with Gasteiger partial charge in [-0.1, -0.05) is 79.7 Å². The highest BCUT2D eigenvalue weighted by Gasteiger charge is 2.32. The van der Waals surface area contributed by atoms with Gasteiger partial charge in [-0.05, 0) is 60.2 Å². The molecule has 2 aromatic heterocycles. The first-order chi connectivity index (χ1) is 27.7. The standard InChI is InChI=1S/C38H46N8O12/c1-5-10-32-39-34(38(3,4)49)33(36(47)54-19-9-20-56-45(50)51)43(32)22-26-15-17-29(18-16-26)30-13-6-7-14-31(30)35-40-42-44(41-35)25(2)58-37(48)55-23-27-11-8-12-28(21-27)24-57-46(52)53/h6-8,11-18,21,25,49-53H,5,9-10,19-20,22-24H2,1-4H3. The van der Waals surface area contributed by atoms with Crippen LogP contribution < -0.4 is 0 Å². The van der Waals surface area contributed by atoms with E-state index in [0.29, 0.717) is 28.9 Å². The largest absolute Gasteiger partial charge is 0.510 e. The van der Waals surface area contributed by atoms with Crippen molar-refractivity contribution in [1.82, 2.24) is 40.5 Å². The maximum atomic E-state index is 13.5. The van der Waals surface area contributed by atoms with E-state index in [-0.39, 0.29) is 62.0 Å². The van der Waals surface area contributed by atoms with Crippen molar-refractivity contribution in [2.45, 2.75) is 78.5 Å². The van der Waals surface area contributed by atoms with Crippen LogP contribution in [0.25, 0.3) is 22.5 Å². The normalized spacial score (nSPS) is 12.3. The fourth-order valence-electron chi connectivity index (χ4n) is 5.85.